The molecule has 0 aliphatic heterocycles. The highest BCUT2D eigenvalue weighted by molar-refractivity contribution is 5.90. The number of hydrogen-bond acceptors (Lipinski definition) is 4. The van der Waals surface area contributed by atoms with Gasteiger partial charge in [0.2, 0.25) is 0 Å². The molecule has 0 N–H and O–H groups in total. The van der Waals surface area contributed by atoms with Crippen molar-refractivity contribution < 1.29 is 9.47 Å². The van der Waals surface area contributed by atoms with Crippen molar-refractivity contribution in [3.8, 4) is 11.5 Å². The summed E-state index contributed by atoms with van der Waals surface area (Å²) in [4.78, 5) is 8.58. The molecular weight excluding hydrogens is 276 g/mol. The molecule has 3 rings (SSSR count). The molecular formula is C18H18N2O2. The van der Waals surface area contributed by atoms with Gasteiger partial charge in [-0.25, -0.2) is 0 Å². The monoisotopic (exact) mass is 294 g/mol. The van der Waals surface area contributed by atoms with E-state index in [2.05, 4.69) is 9.97 Å². The number of benzene rings is 1. The average molecular weight is 294 g/mol. The molecule has 0 saturated carbocycles. The smallest absolute Gasteiger partial charge is 0.161 e. The predicted molar refractivity (Wildman–Crippen MR) is 86.6 cm³/mol. The van der Waals surface area contributed by atoms with Crippen molar-refractivity contribution in [2.75, 3.05) is 14.2 Å². The topological polar surface area (TPSA) is 44.2 Å². The number of ether oxygens (including phenoxy) is 2. The van der Waals surface area contributed by atoms with Crippen LogP contribution in [0.3, 0.4) is 0 Å². The van der Waals surface area contributed by atoms with Crippen LogP contribution < -0.4 is 9.47 Å². The van der Waals surface area contributed by atoms with Crippen LogP contribution >= 0.6 is 0 Å². The molecule has 0 unspecified atom stereocenters. The predicted octanol–water partition coefficient (Wildman–Crippen LogP) is 3.55. The number of hydrogen-bond donors (Lipinski definition) is 0. The maximum Gasteiger partial charge on any atom is 0.161 e. The van der Waals surface area contributed by atoms with Gasteiger partial charge in [0.05, 0.1) is 14.2 Å². The fourth-order valence-corrected chi connectivity index (χ4v) is 2.62. The van der Waals surface area contributed by atoms with Crippen LogP contribution in [0, 0.1) is 6.92 Å². The fraction of sp³-hybridized carbons (Fsp3) is 0.222. The van der Waals surface area contributed by atoms with Gasteiger partial charge in [0.1, 0.15) is 0 Å². The summed E-state index contributed by atoms with van der Waals surface area (Å²) >= 11 is 0. The average Bonchev–Trinajstić information content (AvgIpc) is 2.57. The summed E-state index contributed by atoms with van der Waals surface area (Å²) in [6, 6.07) is 8.06. The van der Waals surface area contributed by atoms with Crippen molar-refractivity contribution in [3.63, 3.8) is 0 Å². The summed E-state index contributed by atoms with van der Waals surface area (Å²) < 4.78 is 10.8. The lowest BCUT2D eigenvalue weighted by Crippen LogP contribution is -1.97. The Morgan fingerprint density at radius 3 is 2.23 bits per heavy atom. The third-order valence-corrected chi connectivity index (χ3v) is 3.82. The quantitative estimate of drug-likeness (QED) is 0.738. The molecule has 2 heterocycles. The number of rotatable bonds is 4. The molecule has 4 heteroatoms. The SMILES string of the molecule is COc1cc2c(Cc3ccncc3)cnc(C)c2cc1OC. The molecule has 0 radical (unpaired) electrons. The third kappa shape index (κ3) is 2.60. The van der Waals surface area contributed by atoms with Crippen molar-refractivity contribution in [3.05, 3.63) is 59.7 Å². The molecule has 0 atom stereocenters. The standard InChI is InChI=1S/C18H18N2O2/c1-12-15-9-17(21-2)18(22-3)10-16(15)14(11-20-12)8-13-4-6-19-7-5-13/h4-7,9-11H,8H2,1-3H3. The molecule has 0 spiro atoms. The van der Waals surface area contributed by atoms with Crippen LogP contribution in [0.25, 0.3) is 10.8 Å². The first-order chi connectivity index (χ1) is 10.7. The summed E-state index contributed by atoms with van der Waals surface area (Å²) in [5, 5.41) is 2.23. The summed E-state index contributed by atoms with van der Waals surface area (Å²) in [7, 11) is 3.30. The van der Waals surface area contributed by atoms with Crippen LogP contribution in [-0.2, 0) is 6.42 Å². The third-order valence-electron chi connectivity index (χ3n) is 3.82. The van der Waals surface area contributed by atoms with E-state index in [-0.39, 0.29) is 0 Å². The molecule has 4 nitrogen and oxygen atoms in total. The fourth-order valence-electron chi connectivity index (χ4n) is 2.62. The van der Waals surface area contributed by atoms with E-state index in [9.17, 15) is 0 Å². The van der Waals surface area contributed by atoms with E-state index in [1.165, 1.54) is 5.56 Å². The number of pyridine rings is 2. The van der Waals surface area contributed by atoms with Gasteiger partial charge in [0.15, 0.2) is 11.5 Å². The lowest BCUT2D eigenvalue weighted by molar-refractivity contribution is 0.356. The van der Waals surface area contributed by atoms with Crippen LogP contribution in [0.2, 0.25) is 0 Å². The minimum absolute atomic E-state index is 0.723. The van der Waals surface area contributed by atoms with E-state index in [4.69, 9.17) is 9.47 Å². The molecule has 22 heavy (non-hydrogen) atoms. The second-order valence-corrected chi connectivity index (χ2v) is 5.15. The van der Waals surface area contributed by atoms with Crippen molar-refractivity contribution in [2.24, 2.45) is 0 Å². The molecule has 3 aromatic rings. The van der Waals surface area contributed by atoms with Crippen molar-refractivity contribution >= 4 is 10.8 Å². The molecule has 0 aliphatic rings. The van der Waals surface area contributed by atoms with Gasteiger partial charge in [-0.1, -0.05) is 0 Å². The second-order valence-electron chi connectivity index (χ2n) is 5.15. The molecule has 112 valence electrons. The van der Waals surface area contributed by atoms with E-state index in [1.807, 2.05) is 49.8 Å². The number of nitrogens with zero attached hydrogens (tertiary/aromatic N) is 2. The highest BCUT2D eigenvalue weighted by Crippen LogP contribution is 2.35. The van der Waals surface area contributed by atoms with Crippen molar-refractivity contribution in [2.45, 2.75) is 13.3 Å². The summed E-state index contributed by atoms with van der Waals surface area (Å²) in [6.07, 6.45) is 6.36. The Bertz CT molecular complexity index is 801. The largest absolute Gasteiger partial charge is 0.493 e. The maximum absolute atomic E-state index is 5.43. The van der Waals surface area contributed by atoms with Gasteiger partial charge in [0, 0.05) is 29.7 Å². The molecule has 2 aromatic heterocycles. The van der Waals surface area contributed by atoms with Gasteiger partial charge in [-0.2, -0.15) is 0 Å². The molecule has 0 amide bonds. The van der Waals surface area contributed by atoms with E-state index in [1.54, 1.807) is 14.2 Å². The van der Waals surface area contributed by atoms with E-state index in [0.717, 1.165) is 39.9 Å². The number of aryl methyl sites for hydroxylation is 1. The van der Waals surface area contributed by atoms with Crippen LogP contribution in [0.4, 0.5) is 0 Å². The zero-order valence-electron chi connectivity index (χ0n) is 13.0. The Hall–Kier alpha value is -2.62. The first-order valence-electron chi connectivity index (χ1n) is 7.12. The number of methoxy groups -OCH3 is 2. The highest BCUT2D eigenvalue weighted by Gasteiger charge is 2.12. The first kappa shape index (κ1) is 14.3. The number of aromatic nitrogens is 2. The minimum Gasteiger partial charge on any atom is -0.493 e. The van der Waals surface area contributed by atoms with Crippen LogP contribution in [-0.4, -0.2) is 24.2 Å². The normalized spacial score (nSPS) is 10.7. The van der Waals surface area contributed by atoms with Gasteiger partial charge in [-0.15, -0.1) is 0 Å². The van der Waals surface area contributed by atoms with Crippen LogP contribution in [0.15, 0.2) is 42.9 Å². The van der Waals surface area contributed by atoms with E-state index >= 15 is 0 Å². The minimum atomic E-state index is 0.723. The molecule has 0 aliphatic carbocycles. The van der Waals surface area contributed by atoms with Gasteiger partial charge in [0.25, 0.3) is 0 Å². The molecule has 0 bridgehead atoms. The zero-order valence-corrected chi connectivity index (χ0v) is 13.0. The molecule has 1 aromatic carbocycles. The van der Waals surface area contributed by atoms with E-state index < -0.39 is 0 Å². The highest BCUT2D eigenvalue weighted by atomic mass is 16.5. The Kier molecular flexibility index (Phi) is 3.92. The van der Waals surface area contributed by atoms with Gasteiger partial charge in [-0.3, -0.25) is 9.97 Å². The lowest BCUT2D eigenvalue weighted by Gasteiger charge is -2.13. The van der Waals surface area contributed by atoms with Crippen LogP contribution in [0.1, 0.15) is 16.8 Å². The number of fused-ring (bicyclic) bond motifs is 1. The Labute approximate surface area is 129 Å². The van der Waals surface area contributed by atoms with Gasteiger partial charge >= 0.3 is 0 Å². The lowest BCUT2D eigenvalue weighted by atomic mass is 9.99. The van der Waals surface area contributed by atoms with Crippen molar-refractivity contribution in [1.82, 2.24) is 9.97 Å². The zero-order chi connectivity index (χ0) is 15.5. The van der Waals surface area contributed by atoms with Crippen LogP contribution in [0.5, 0.6) is 11.5 Å². The Morgan fingerprint density at radius 1 is 0.955 bits per heavy atom. The molecule has 0 saturated heterocycles. The van der Waals surface area contributed by atoms with Gasteiger partial charge < -0.3 is 9.47 Å². The Balaban J connectivity index is 2.16. The summed E-state index contributed by atoms with van der Waals surface area (Å²) in [5.41, 5.74) is 3.35. The van der Waals surface area contributed by atoms with E-state index in [0.29, 0.717) is 0 Å². The second kappa shape index (κ2) is 6.02. The first-order valence-corrected chi connectivity index (χ1v) is 7.12. The van der Waals surface area contributed by atoms with Gasteiger partial charge in [-0.05, 0) is 54.1 Å². The Morgan fingerprint density at radius 2 is 1.59 bits per heavy atom. The summed E-state index contributed by atoms with van der Waals surface area (Å²) in [5.74, 6) is 1.46. The molecule has 0 fully saturated rings. The summed E-state index contributed by atoms with van der Waals surface area (Å²) in [6.45, 7) is 2.00. The van der Waals surface area contributed by atoms with Crippen molar-refractivity contribution in [1.29, 1.82) is 0 Å². The maximum atomic E-state index is 5.43.